The summed E-state index contributed by atoms with van der Waals surface area (Å²) in [5.74, 6) is 5.78. The summed E-state index contributed by atoms with van der Waals surface area (Å²) in [7, 11) is 0. The third kappa shape index (κ3) is 4.63. The fourth-order valence-corrected chi connectivity index (χ4v) is 2.06. The van der Waals surface area contributed by atoms with Gasteiger partial charge in [-0.05, 0) is 12.0 Å². The van der Waals surface area contributed by atoms with Crippen molar-refractivity contribution in [3.05, 3.63) is 35.9 Å². The van der Waals surface area contributed by atoms with Gasteiger partial charge in [-0.25, -0.2) is 5.84 Å². The van der Waals surface area contributed by atoms with Gasteiger partial charge in [-0.15, -0.1) is 0 Å². The van der Waals surface area contributed by atoms with Crippen molar-refractivity contribution >= 4 is 5.91 Å². The number of amides is 1. The Bertz CT molecular complexity index is 391. The number of morpholine rings is 1. The quantitative estimate of drug-likeness (QED) is 0.470. The van der Waals surface area contributed by atoms with E-state index in [2.05, 4.69) is 4.90 Å². The van der Waals surface area contributed by atoms with Crippen LogP contribution < -0.4 is 5.84 Å². The second kappa shape index (κ2) is 7.23. The molecule has 0 aliphatic carbocycles. The van der Waals surface area contributed by atoms with Crippen LogP contribution in [-0.4, -0.2) is 55.2 Å². The van der Waals surface area contributed by atoms with E-state index in [1.807, 2.05) is 30.3 Å². The molecule has 1 aliphatic rings. The molecule has 1 aromatic carbocycles. The lowest BCUT2D eigenvalue weighted by Gasteiger charge is -2.27. The molecular weight excluding hydrogens is 242 g/mol. The van der Waals surface area contributed by atoms with Crippen LogP contribution in [-0.2, 0) is 16.0 Å². The van der Waals surface area contributed by atoms with Gasteiger partial charge in [0, 0.05) is 19.6 Å². The lowest BCUT2D eigenvalue weighted by atomic mass is 10.1. The number of hydrogen-bond donors (Lipinski definition) is 1. The molecule has 1 heterocycles. The minimum absolute atomic E-state index is 0.0298. The Hall–Kier alpha value is -1.43. The van der Waals surface area contributed by atoms with Crippen molar-refractivity contribution in [2.75, 3.05) is 39.4 Å². The molecule has 0 unspecified atom stereocenters. The van der Waals surface area contributed by atoms with Crippen molar-refractivity contribution in [2.45, 2.75) is 6.42 Å². The van der Waals surface area contributed by atoms with Gasteiger partial charge in [0.1, 0.15) is 0 Å². The molecule has 19 heavy (non-hydrogen) atoms. The number of hydrogen-bond acceptors (Lipinski definition) is 4. The third-order valence-electron chi connectivity index (χ3n) is 3.27. The number of carbonyl (C=O) groups is 1. The Labute approximate surface area is 113 Å². The van der Waals surface area contributed by atoms with Crippen LogP contribution in [0.2, 0.25) is 0 Å². The molecule has 1 aliphatic heterocycles. The second-order valence-electron chi connectivity index (χ2n) is 4.71. The maximum atomic E-state index is 12.0. The van der Waals surface area contributed by atoms with Gasteiger partial charge in [0.25, 0.3) is 5.91 Å². The van der Waals surface area contributed by atoms with Crippen molar-refractivity contribution in [2.24, 2.45) is 5.84 Å². The van der Waals surface area contributed by atoms with Crippen LogP contribution in [0.4, 0.5) is 0 Å². The third-order valence-corrected chi connectivity index (χ3v) is 3.27. The largest absolute Gasteiger partial charge is 0.379 e. The first-order valence-corrected chi connectivity index (χ1v) is 6.65. The van der Waals surface area contributed by atoms with Crippen molar-refractivity contribution in [3.8, 4) is 0 Å². The average molecular weight is 263 g/mol. The molecule has 1 fully saturated rings. The molecule has 1 saturated heterocycles. The zero-order valence-corrected chi connectivity index (χ0v) is 11.1. The zero-order valence-electron chi connectivity index (χ0n) is 11.1. The lowest BCUT2D eigenvalue weighted by molar-refractivity contribution is -0.133. The van der Waals surface area contributed by atoms with Gasteiger partial charge in [-0.3, -0.25) is 14.7 Å². The predicted octanol–water partition coefficient (Wildman–Crippen LogP) is 0.264. The number of nitrogens with zero attached hydrogens (tertiary/aromatic N) is 2. The highest BCUT2D eigenvalue weighted by molar-refractivity contribution is 5.77. The highest BCUT2D eigenvalue weighted by atomic mass is 16.5. The fraction of sp³-hybridized carbons (Fsp3) is 0.500. The Morgan fingerprint density at radius 2 is 1.95 bits per heavy atom. The van der Waals surface area contributed by atoms with Gasteiger partial charge in [0.15, 0.2) is 0 Å². The Morgan fingerprint density at radius 3 is 2.63 bits per heavy atom. The molecular formula is C14H21N3O2. The van der Waals surface area contributed by atoms with Crippen LogP contribution in [0.15, 0.2) is 30.3 Å². The summed E-state index contributed by atoms with van der Waals surface area (Å²) in [4.78, 5) is 14.0. The van der Waals surface area contributed by atoms with E-state index in [0.29, 0.717) is 26.3 Å². The normalized spacial score (nSPS) is 16.3. The number of rotatable bonds is 5. The maximum Gasteiger partial charge on any atom is 0.250 e. The summed E-state index contributed by atoms with van der Waals surface area (Å²) in [6.45, 7) is 3.93. The minimum atomic E-state index is -0.0298. The van der Waals surface area contributed by atoms with Crippen molar-refractivity contribution in [3.63, 3.8) is 0 Å². The molecule has 0 aromatic heterocycles. The Kier molecular flexibility index (Phi) is 5.32. The molecule has 0 bridgehead atoms. The van der Waals surface area contributed by atoms with Gasteiger partial charge >= 0.3 is 0 Å². The molecule has 104 valence electrons. The minimum Gasteiger partial charge on any atom is -0.379 e. The molecule has 5 heteroatoms. The predicted molar refractivity (Wildman–Crippen MR) is 73.3 cm³/mol. The van der Waals surface area contributed by atoms with Gasteiger partial charge in [0.2, 0.25) is 0 Å². The van der Waals surface area contributed by atoms with E-state index in [-0.39, 0.29) is 5.91 Å². The molecule has 0 saturated carbocycles. The fourth-order valence-electron chi connectivity index (χ4n) is 2.06. The van der Waals surface area contributed by atoms with E-state index in [0.717, 1.165) is 19.5 Å². The molecule has 0 radical (unpaired) electrons. The highest BCUT2D eigenvalue weighted by Gasteiger charge is 2.17. The van der Waals surface area contributed by atoms with Crippen LogP contribution in [0.25, 0.3) is 0 Å². The standard InChI is InChI=1S/C14H21N3O2/c15-17(7-6-13-4-2-1-3-5-13)14(18)12-16-8-10-19-11-9-16/h1-5H,6-12,15H2. The summed E-state index contributed by atoms with van der Waals surface area (Å²) in [6.07, 6.45) is 0.784. The van der Waals surface area contributed by atoms with E-state index >= 15 is 0 Å². The first-order valence-electron chi connectivity index (χ1n) is 6.65. The number of benzene rings is 1. The summed E-state index contributed by atoms with van der Waals surface area (Å²) in [6, 6.07) is 10.0. The van der Waals surface area contributed by atoms with Crippen molar-refractivity contribution in [1.29, 1.82) is 0 Å². The lowest BCUT2D eigenvalue weighted by Crippen LogP contribution is -2.47. The summed E-state index contributed by atoms with van der Waals surface area (Å²) in [5.41, 5.74) is 1.19. The van der Waals surface area contributed by atoms with E-state index in [1.54, 1.807) is 0 Å². The highest BCUT2D eigenvalue weighted by Crippen LogP contribution is 2.01. The van der Waals surface area contributed by atoms with Gasteiger partial charge in [-0.2, -0.15) is 0 Å². The van der Waals surface area contributed by atoms with Crippen LogP contribution in [0.5, 0.6) is 0 Å². The van der Waals surface area contributed by atoms with Crippen LogP contribution in [0.1, 0.15) is 5.56 Å². The summed E-state index contributed by atoms with van der Waals surface area (Å²) >= 11 is 0. The molecule has 0 atom stereocenters. The molecule has 0 spiro atoms. The van der Waals surface area contributed by atoms with Crippen LogP contribution >= 0.6 is 0 Å². The zero-order chi connectivity index (χ0) is 13.5. The number of ether oxygens (including phenoxy) is 1. The summed E-state index contributed by atoms with van der Waals surface area (Å²) < 4.78 is 5.25. The van der Waals surface area contributed by atoms with Gasteiger partial charge in [-0.1, -0.05) is 30.3 Å². The van der Waals surface area contributed by atoms with Gasteiger partial charge in [0.05, 0.1) is 19.8 Å². The molecule has 5 nitrogen and oxygen atoms in total. The van der Waals surface area contributed by atoms with E-state index in [1.165, 1.54) is 10.6 Å². The Morgan fingerprint density at radius 1 is 1.26 bits per heavy atom. The molecule has 2 rings (SSSR count). The second-order valence-corrected chi connectivity index (χ2v) is 4.71. The van der Waals surface area contributed by atoms with Crippen LogP contribution in [0.3, 0.4) is 0 Å². The van der Waals surface area contributed by atoms with E-state index in [4.69, 9.17) is 10.6 Å². The summed E-state index contributed by atoms with van der Waals surface area (Å²) in [5, 5.41) is 1.32. The van der Waals surface area contributed by atoms with Crippen molar-refractivity contribution in [1.82, 2.24) is 9.91 Å². The van der Waals surface area contributed by atoms with Gasteiger partial charge < -0.3 is 4.74 Å². The molecule has 2 N–H and O–H groups in total. The first kappa shape index (κ1) is 14.0. The number of nitrogens with two attached hydrogens (primary N) is 1. The molecule has 1 aromatic rings. The topological polar surface area (TPSA) is 58.8 Å². The number of carbonyl (C=O) groups excluding carboxylic acids is 1. The molecule has 1 amide bonds. The number of hydrazine groups is 1. The van der Waals surface area contributed by atoms with Crippen LogP contribution in [0, 0.1) is 0 Å². The smallest absolute Gasteiger partial charge is 0.250 e. The monoisotopic (exact) mass is 263 g/mol. The Balaban J connectivity index is 1.72. The maximum absolute atomic E-state index is 12.0. The van der Waals surface area contributed by atoms with E-state index < -0.39 is 0 Å². The van der Waals surface area contributed by atoms with E-state index in [9.17, 15) is 4.79 Å². The van der Waals surface area contributed by atoms with Crippen molar-refractivity contribution < 1.29 is 9.53 Å². The SMILES string of the molecule is NN(CCc1ccccc1)C(=O)CN1CCOCC1. The average Bonchev–Trinajstić information content (AvgIpc) is 2.47. The first-order chi connectivity index (χ1) is 9.25.